The Morgan fingerprint density at radius 1 is 0.686 bits per heavy atom. The molecular formula is C28H42N4O3. The second kappa shape index (κ2) is 14.1. The molecule has 7 heteroatoms. The van der Waals surface area contributed by atoms with Crippen molar-refractivity contribution in [3.05, 3.63) is 42.5 Å². The summed E-state index contributed by atoms with van der Waals surface area (Å²) in [6.07, 6.45) is 4.46. The number of aromatic nitrogens is 1. The Balaban J connectivity index is 1.44. The van der Waals surface area contributed by atoms with Crippen LogP contribution < -0.4 is 9.47 Å². The maximum atomic E-state index is 6.03. The van der Waals surface area contributed by atoms with Crippen molar-refractivity contribution in [3.8, 4) is 23.0 Å². The van der Waals surface area contributed by atoms with Crippen LogP contribution in [0.4, 0.5) is 0 Å². The molecule has 0 saturated heterocycles. The van der Waals surface area contributed by atoms with Crippen LogP contribution in [0, 0.1) is 0 Å². The van der Waals surface area contributed by atoms with Crippen LogP contribution in [0.5, 0.6) is 11.5 Å². The minimum atomic E-state index is 0.604. The van der Waals surface area contributed by atoms with E-state index >= 15 is 0 Å². The summed E-state index contributed by atoms with van der Waals surface area (Å²) in [5, 5.41) is 0. The van der Waals surface area contributed by atoms with E-state index in [1.54, 1.807) is 0 Å². The first-order valence-electron chi connectivity index (χ1n) is 12.7. The molecule has 0 bridgehead atoms. The summed E-state index contributed by atoms with van der Waals surface area (Å²) >= 11 is 0. The lowest BCUT2D eigenvalue weighted by atomic mass is 10.2. The van der Waals surface area contributed by atoms with Gasteiger partial charge in [-0.15, -0.1) is 0 Å². The second-order valence-corrected chi connectivity index (χ2v) is 9.69. The fourth-order valence-electron chi connectivity index (χ4n) is 3.83. The fraction of sp³-hybridized carbons (Fsp3) is 0.536. The van der Waals surface area contributed by atoms with Crippen molar-refractivity contribution < 1.29 is 13.9 Å². The van der Waals surface area contributed by atoms with E-state index < -0.39 is 0 Å². The molecule has 0 aliphatic carbocycles. The summed E-state index contributed by atoms with van der Waals surface area (Å²) < 4.78 is 17.8. The molecule has 0 aliphatic rings. The molecule has 0 N–H and O–H groups in total. The normalized spacial score (nSPS) is 11.8. The van der Waals surface area contributed by atoms with E-state index in [0.717, 1.165) is 67.2 Å². The minimum absolute atomic E-state index is 0.604. The molecular weight excluding hydrogens is 440 g/mol. The van der Waals surface area contributed by atoms with Gasteiger partial charge in [0.25, 0.3) is 0 Å². The molecule has 35 heavy (non-hydrogen) atoms. The van der Waals surface area contributed by atoms with Crippen molar-refractivity contribution in [2.45, 2.75) is 25.7 Å². The molecule has 0 unspecified atom stereocenters. The van der Waals surface area contributed by atoms with Crippen LogP contribution >= 0.6 is 0 Å². The number of unbranched alkanes of at least 4 members (excludes halogenated alkanes) is 1. The van der Waals surface area contributed by atoms with Crippen molar-refractivity contribution in [2.75, 3.05) is 74.6 Å². The highest BCUT2D eigenvalue weighted by Crippen LogP contribution is 2.28. The molecule has 0 radical (unpaired) electrons. The molecule has 0 amide bonds. The van der Waals surface area contributed by atoms with E-state index in [4.69, 9.17) is 13.9 Å². The number of rotatable bonds is 16. The summed E-state index contributed by atoms with van der Waals surface area (Å²) in [6.45, 7) is 5.72. The maximum Gasteiger partial charge on any atom is 0.227 e. The van der Waals surface area contributed by atoms with Crippen molar-refractivity contribution in [2.24, 2.45) is 0 Å². The summed E-state index contributed by atoms with van der Waals surface area (Å²) in [5.41, 5.74) is 2.49. The zero-order valence-corrected chi connectivity index (χ0v) is 22.1. The number of ether oxygens (including phenoxy) is 2. The van der Waals surface area contributed by atoms with E-state index in [1.165, 1.54) is 12.8 Å². The zero-order valence-electron chi connectivity index (χ0n) is 22.1. The minimum Gasteiger partial charge on any atom is -0.494 e. The third-order valence-electron chi connectivity index (χ3n) is 5.83. The molecule has 7 nitrogen and oxygen atoms in total. The SMILES string of the molecule is CN(C)CCCCN(C)CCCOc1ccc2nc(-c3ccc(OCCCN(C)C)cc3)oc2c1. The van der Waals surface area contributed by atoms with E-state index in [9.17, 15) is 0 Å². The van der Waals surface area contributed by atoms with Gasteiger partial charge in [0.15, 0.2) is 5.58 Å². The Morgan fingerprint density at radius 3 is 1.97 bits per heavy atom. The Bertz CT molecular complexity index is 1000. The van der Waals surface area contributed by atoms with E-state index in [2.05, 4.69) is 54.9 Å². The molecule has 0 spiro atoms. The monoisotopic (exact) mass is 482 g/mol. The first kappa shape index (κ1) is 27.0. The average molecular weight is 483 g/mol. The standard InChI is InChI=1S/C28H42N4O3/c1-30(2)16-6-7-18-32(5)19-9-21-34-25-14-15-26-27(22-25)35-28(29-26)23-10-12-24(13-11-23)33-20-8-17-31(3)4/h10-15,22H,6-9,16-21H2,1-5H3. The van der Waals surface area contributed by atoms with Gasteiger partial charge in [-0.25, -0.2) is 4.98 Å². The van der Waals surface area contributed by atoms with Gasteiger partial charge in [-0.1, -0.05) is 0 Å². The van der Waals surface area contributed by atoms with Gasteiger partial charge in [-0.05, 0) is 110 Å². The topological polar surface area (TPSA) is 54.2 Å². The third-order valence-corrected chi connectivity index (χ3v) is 5.83. The van der Waals surface area contributed by atoms with Gasteiger partial charge in [-0.2, -0.15) is 0 Å². The van der Waals surface area contributed by atoms with Gasteiger partial charge in [0.2, 0.25) is 5.89 Å². The van der Waals surface area contributed by atoms with E-state index in [-0.39, 0.29) is 0 Å². The van der Waals surface area contributed by atoms with Crippen LogP contribution in [-0.4, -0.2) is 94.3 Å². The van der Waals surface area contributed by atoms with Gasteiger partial charge in [0.05, 0.1) is 13.2 Å². The molecule has 1 aromatic heterocycles. The lowest BCUT2D eigenvalue weighted by Crippen LogP contribution is -2.23. The Hall–Kier alpha value is -2.61. The number of hydrogen-bond donors (Lipinski definition) is 0. The van der Waals surface area contributed by atoms with Crippen molar-refractivity contribution >= 4 is 11.1 Å². The molecule has 0 saturated carbocycles. The predicted octanol–water partition coefficient (Wildman–Crippen LogP) is 4.87. The van der Waals surface area contributed by atoms with Gasteiger partial charge in [0, 0.05) is 24.7 Å². The largest absolute Gasteiger partial charge is 0.494 e. The van der Waals surface area contributed by atoms with Gasteiger partial charge in [0.1, 0.15) is 17.0 Å². The molecule has 2 aromatic carbocycles. The highest BCUT2D eigenvalue weighted by Gasteiger charge is 2.10. The van der Waals surface area contributed by atoms with Crippen LogP contribution in [0.15, 0.2) is 46.9 Å². The maximum absolute atomic E-state index is 6.03. The summed E-state index contributed by atoms with van der Waals surface area (Å²) in [6, 6.07) is 13.8. The van der Waals surface area contributed by atoms with E-state index in [1.807, 2.05) is 42.5 Å². The molecule has 0 aliphatic heterocycles. The number of oxazole rings is 1. The number of benzene rings is 2. The highest BCUT2D eigenvalue weighted by atomic mass is 16.5. The van der Waals surface area contributed by atoms with Crippen LogP contribution in [-0.2, 0) is 0 Å². The number of nitrogens with zero attached hydrogens (tertiary/aromatic N) is 4. The number of hydrogen-bond acceptors (Lipinski definition) is 7. The number of fused-ring (bicyclic) bond motifs is 1. The van der Waals surface area contributed by atoms with Crippen molar-refractivity contribution in [1.29, 1.82) is 0 Å². The smallest absolute Gasteiger partial charge is 0.227 e. The summed E-state index contributed by atoms with van der Waals surface area (Å²) in [4.78, 5) is 11.4. The van der Waals surface area contributed by atoms with Crippen LogP contribution in [0.1, 0.15) is 25.7 Å². The fourth-order valence-corrected chi connectivity index (χ4v) is 3.83. The first-order valence-corrected chi connectivity index (χ1v) is 12.7. The lowest BCUT2D eigenvalue weighted by molar-refractivity contribution is 0.257. The highest BCUT2D eigenvalue weighted by molar-refractivity contribution is 5.77. The molecule has 3 aromatic rings. The van der Waals surface area contributed by atoms with Gasteiger partial charge < -0.3 is 28.6 Å². The van der Waals surface area contributed by atoms with E-state index in [0.29, 0.717) is 19.1 Å². The molecule has 3 rings (SSSR count). The summed E-state index contributed by atoms with van der Waals surface area (Å²) in [5.74, 6) is 2.28. The quantitative estimate of drug-likeness (QED) is 0.270. The third kappa shape index (κ3) is 9.51. The Morgan fingerprint density at radius 2 is 1.26 bits per heavy atom. The van der Waals surface area contributed by atoms with Crippen molar-refractivity contribution in [1.82, 2.24) is 19.7 Å². The van der Waals surface area contributed by atoms with Crippen LogP contribution in [0.2, 0.25) is 0 Å². The molecule has 1 heterocycles. The van der Waals surface area contributed by atoms with Gasteiger partial charge >= 0.3 is 0 Å². The Kier molecular flexibility index (Phi) is 10.8. The second-order valence-electron chi connectivity index (χ2n) is 9.69. The van der Waals surface area contributed by atoms with Crippen LogP contribution in [0.3, 0.4) is 0 Å². The summed E-state index contributed by atoms with van der Waals surface area (Å²) in [7, 11) is 10.6. The molecule has 0 fully saturated rings. The van der Waals surface area contributed by atoms with Gasteiger partial charge in [-0.3, -0.25) is 0 Å². The zero-order chi connectivity index (χ0) is 25.0. The molecule has 192 valence electrons. The van der Waals surface area contributed by atoms with Crippen LogP contribution in [0.25, 0.3) is 22.6 Å². The lowest BCUT2D eigenvalue weighted by Gasteiger charge is -2.17. The molecule has 0 atom stereocenters. The average Bonchev–Trinajstić information content (AvgIpc) is 3.26. The van der Waals surface area contributed by atoms with Crippen molar-refractivity contribution in [3.63, 3.8) is 0 Å². The Labute approximate surface area is 210 Å². The predicted molar refractivity (Wildman–Crippen MR) is 144 cm³/mol. The first-order chi connectivity index (χ1) is 16.9.